The molecule has 0 aliphatic carbocycles. The summed E-state index contributed by atoms with van der Waals surface area (Å²) in [5.41, 5.74) is 5.39. The van der Waals surface area contributed by atoms with Gasteiger partial charge in [0.2, 0.25) is 15.9 Å². The number of nitrogens with two attached hydrogens (primary N) is 1. The number of furan rings is 1. The normalized spacial score (nSPS) is 14.7. The van der Waals surface area contributed by atoms with Crippen LogP contribution in [0.2, 0.25) is 0 Å². The number of hydrogen-bond donors (Lipinski definition) is 1. The van der Waals surface area contributed by atoms with Gasteiger partial charge in [0.1, 0.15) is 27.7 Å². The minimum atomic E-state index is -4.04. The van der Waals surface area contributed by atoms with Gasteiger partial charge in [0.15, 0.2) is 6.61 Å². The van der Waals surface area contributed by atoms with Crippen LogP contribution in [0.3, 0.4) is 0 Å². The molecule has 1 saturated heterocycles. The molecule has 0 atom stereocenters. The van der Waals surface area contributed by atoms with Crippen molar-refractivity contribution in [3.8, 4) is 5.75 Å². The molecule has 2 heterocycles. The molecule has 12 heteroatoms. The number of benzene rings is 1. The van der Waals surface area contributed by atoms with Crippen LogP contribution in [0, 0.1) is 13.8 Å². The molecule has 0 bridgehead atoms. The fourth-order valence-electron chi connectivity index (χ4n) is 3.57. The first-order valence-electron chi connectivity index (χ1n) is 10.0. The van der Waals surface area contributed by atoms with E-state index in [0.717, 1.165) is 0 Å². The Hall–Kier alpha value is -3.38. The zero-order valence-electron chi connectivity index (χ0n) is 18.5. The van der Waals surface area contributed by atoms with Crippen molar-refractivity contribution in [3.63, 3.8) is 0 Å². The van der Waals surface area contributed by atoms with Gasteiger partial charge in [0, 0.05) is 31.7 Å². The Morgan fingerprint density at radius 2 is 1.64 bits per heavy atom. The van der Waals surface area contributed by atoms with Crippen molar-refractivity contribution in [2.24, 2.45) is 5.73 Å². The van der Waals surface area contributed by atoms with Gasteiger partial charge in [-0.05, 0) is 38.1 Å². The van der Waals surface area contributed by atoms with Crippen LogP contribution in [0.15, 0.2) is 33.6 Å². The number of amides is 2. The molecule has 2 N–H and O–H groups in total. The summed E-state index contributed by atoms with van der Waals surface area (Å²) >= 11 is 0. The number of primary amides is 1. The lowest BCUT2D eigenvalue weighted by Gasteiger charge is -2.34. The van der Waals surface area contributed by atoms with Crippen molar-refractivity contribution in [1.29, 1.82) is 0 Å². The van der Waals surface area contributed by atoms with Crippen molar-refractivity contribution in [2.45, 2.75) is 18.7 Å². The summed E-state index contributed by atoms with van der Waals surface area (Å²) in [4.78, 5) is 37.0. The summed E-state index contributed by atoms with van der Waals surface area (Å²) in [5, 5.41) is 0. The van der Waals surface area contributed by atoms with Gasteiger partial charge in [-0.2, -0.15) is 4.31 Å². The van der Waals surface area contributed by atoms with E-state index in [1.807, 2.05) is 0 Å². The highest BCUT2D eigenvalue weighted by molar-refractivity contribution is 7.89. The van der Waals surface area contributed by atoms with E-state index in [4.69, 9.17) is 19.6 Å². The van der Waals surface area contributed by atoms with E-state index in [-0.39, 0.29) is 60.7 Å². The zero-order valence-corrected chi connectivity index (χ0v) is 19.3. The van der Waals surface area contributed by atoms with Crippen LogP contribution in [0.4, 0.5) is 0 Å². The number of methoxy groups -OCH3 is 1. The lowest BCUT2D eigenvalue weighted by molar-refractivity contribution is -0.134. The molecule has 11 nitrogen and oxygen atoms in total. The number of ether oxygens (including phenoxy) is 2. The third-order valence-electron chi connectivity index (χ3n) is 5.28. The number of rotatable bonds is 7. The van der Waals surface area contributed by atoms with Gasteiger partial charge in [-0.1, -0.05) is 0 Å². The molecule has 1 aromatic carbocycles. The molecule has 2 aromatic rings. The van der Waals surface area contributed by atoms with Crippen LogP contribution in [0.1, 0.15) is 32.2 Å². The molecule has 1 aromatic heterocycles. The maximum Gasteiger partial charge on any atom is 0.342 e. The first-order valence-corrected chi connectivity index (χ1v) is 11.5. The Labute approximate surface area is 191 Å². The van der Waals surface area contributed by atoms with E-state index < -0.39 is 21.9 Å². The molecule has 1 fully saturated rings. The highest BCUT2D eigenvalue weighted by Gasteiger charge is 2.37. The van der Waals surface area contributed by atoms with Crippen molar-refractivity contribution in [1.82, 2.24) is 9.21 Å². The van der Waals surface area contributed by atoms with Gasteiger partial charge in [-0.15, -0.1) is 0 Å². The monoisotopic (exact) mass is 479 g/mol. The average Bonchev–Trinajstić information content (AvgIpc) is 3.11. The zero-order chi connectivity index (χ0) is 24.3. The summed E-state index contributed by atoms with van der Waals surface area (Å²) in [6.45, 7) is 3.14. The van der Waals surface area contributed by atoms with Crippen molar-refractivity contribution in [3.05, 3.63) is 46.9 Å². The summed E-state index contributed by atoms with van der Waals surface area (Å²) in [6.07, 6.45) is 0. The summed E-state index contributed by atoms with van der Waals surface area (Å²) in [6, 6.07) is 6.06. The lowest BCUT2D eigenvalue weighted by atomic mass is 10.2. The quantitative estimate of drug-likeness (QED) is 0.570. The maximum absolute atomic E-state index is 13.2. The highest BCUT2D eigenvalue weighted by Crippen LogP contribution is 2.30. The second kappa shape index (κ2) is 9.63. The van der Waals surface area contributed by atoms with Crippen LogP contribution in [0.5, 0.6) is 5.75 Å². The molecule has 1 aliphatic heterocycles. The van der Waals surface area contributed by atoms with E-state index in [1.54, 1.807) is 0 Å². The number of piperazine rings is 1. The van der Waals surface area contributed by atoms with Crippen LogP contribution < -0.4 is 10.5 Å². The molecule has 2 amide bonds. The molecule has 0 saturated carbocycles. The fourth-order valence-corrected chi connectivity index (χ4v) is 5.36. The Kier molecular flexibility index (Phi) is 7.08. The van der Waals surface area contributed by atoms with Gasteiger partial charge in [-0.25, -0.2) is 13.2 Å². The molecule has 0 unspecified atom stereocenters. The first kappa shape index (κ1) is 24.3. The molecule has 0 spiro atoms. The van der Waals surface area contributed by atoms with E-state index in [2.05, 4.69) is 0 Å². The Morgan fingerprint density at radius 3 is 2.18 bits per heavy atom. The van der Waals surface area contributed by atoms with E-state index in [9.17, 15) is 22.8 Å². The van der Waals surface area contributed by atoms with Crippen LogP contribution in [0.25, 0.3) is 0 Å². The van der Waals surface area contributed by atoms with Gasteiger partial charge in [0.25, 0.3) is 5.91 Å². The van der Waals surface area contributed by atoms with E-state index in [1.165, 1.54) is 54.4 Å². The third kappa shape index (κ3) is 5.01. The molecular weight excluding hydrogens is 454 g/mol. The second-order valence-corrected chi connectivity index (χ2v) is 9.25. The summed E-state index contributed by atoms with van der Waals surface area (Å²) < 4.78 is 43.2. The van der Waals surface area contributed by atoms with Gasteiger partial charge >= 0.3 is 5.97 Å². The highest BCUT2D eigenvalue weighted by atomic mass is 32.2. The predicted molar refractivity (Wildman–Crippen MR) is 115 cm³/mol. The Balaban J connectivity index is 1.63. The number of esters is 1. The predicted octanol–water partition coefficient (Wildman–Crippen LogP) is 0.694. The fraction of sp³-hybridized carbons (Fsp3) is 0.381. The van der Waals surface area contributed by atoms with Crippen molar-refractivity contribution >= 4 is 27.8 Å². The summed E-state index contributed by atoms with van der Waals surface area (Å²) in [5.74, 6) is -1.01. The number of nitrogens with zero attached hydrogens (tertiary/aromatic N) is 2. The standard InChI is InChI=1S/C21H25N3O8S/c1-13-18(21(27)30-3)19(14(2)32-13)33(28,29)24-10-8-23(9-11-24)17(25)12-31-16-6-4-15(5-7-16)20(22)26/h4-7H,8-12H2,1-3H3,(H2,22,26). The van der Waals surface area contributed by atoms with Crippen LogP contribution >= 0.6 is 0 Å². The number of sulfonamides is 1. The SMILES string of the molecule is COC(=O)c1c(C)oc(C)c1S(=O)(=O)N1CCN(C(=O)COc2ccc(C(N)=O)cc2)CC1. The molecule has 33 heavy (non-hydrogen) atoms. The smallest absolute Gasteiger partial charge is 0.342 e. The van der Waals surface area contributed by atoms with E-state index in [0.29, 0.717) is 11.3 Å². The lowest BCUT2D eigenvalue weighted by Crippen LogP contribution is -2.51. The minimum Gasteiger partial charge on any atom is -0.484 e. The van der Waals surface area contributed by atoms with Gasteiger partial charge < -0.3 is 24.5 Å². The molecule has 1 aliphatic rings. The Bertz CT molecular complexity index is 1160. The number of hydrogen-bond acceptors (Lipinski definition) is 8. The van der Waals surface area contributed by atoms with Crippen molar-refractivity contribution in [2.75, 3.05) is 39.9 Å². The van der Waals surface area contributed by atoms with Crippen LogP contribution in [-0.2, 0) is 19.6 Å². The number of carbonyl (C=O) groups excluding carboxylic acids is 3. The first-order chi connectivity index (χ1) is 15.6. The Morgan fingerprint density at radius 1 is 1.03 bits per heavy atom. The number of aryl methyl sites for hydroxylation is 2. The summed E-state index contributed by atoms with van der Waals surface area (Å²) in [7, 11) is -2.88. The topological polar surface area (TPSA) is 149 Å². The van der Waals surface area contributed by atoms with E-state index >= 15 is 0 Å². The largest absolute Gasteiger partial charge is 0.484 e. The third-order valence-corrected chi connectivity index (χ3v) is 7.34. The second-order valence-electron chi connectivity index (χ2n) is 7.37. The maximum atomic E-state index is 13.2. The molecular formula is C21H25N3O8S. The van der Waals surface area contributed by atoms with Crippen LogP contribution in [-0.4, -0.2) is 75.3 Å². The van der Waals surface area contributed by atoms with Gasteiger partial charge in [0.05, 0.1) is 7.11 Å². The molecule has 178 valence electrons. The molecule has 3 rings (SSSR count). The van der Waals surface area contributed by atoms with Gasteiger partial charge in [-0.3, -0.25) is 9.59 Å². The average molecular weight is 480 g/mol. The van der Waals surface area contributed by atoms with Crippen molar-refractivity contribution < 1.29 is 36.7 Å². The molecule has 0 radical (unpaired) electrons. The number of carbonyl (C=O) groups is 3. The minimum absolute atomic E-state index is 0.0473.